The summed E-state index contributed by atoms with van der Waals surface area (Å²) in [6.45, 7) is 15.6. The molecule has 6 rings (SSSR count). The number of carbonyl (C=O) groups is 3. The molecule has 0 heterocycles. The molecule has 0 aliphatic heterocycles. The Morgan fingerprint density at radius 1 is 1.00 bits per heavy atom. The summed E-state index contributed by atoms with van der Waals surface area (Å²) < 4.78 is 0. The molecule has 216 valence electrons. The van der Waals surface area contributed by atoms with E-state index in [1.807, 2.05) is 26.0 Å². The normalized spacial score (nSPS) is 47.4. The first-order chi connectivity index (χ1) is 18.6. The SMILES string of the molecule is C[C@@H]1[C@H]2[C@H]3C(=O)C=C4[C@@]5(C)C=C(C#N)C(=O)C(C)(C)[C@@H]5CC[C@@]4(C)[C@]3(C)CC[C@@]2(CC(=O)NC2CC2)CC[C@H]1C. The zero-order valence-corrected chi connectivity index (χ0v) is 25.7. The average Bonchev–Trinajstić information content (AvgIpc) is 3.70. The number of fused-ring (bicyclic) bond motifs is 7. The Morgan fingerprint density at radius 3 is 2.35 bits per heavy atom. The largest absolute Gasteiger partial charge is 0.353 e. The van der Waals surface area contributed by atoms with Crippen LogP contribution in [-0.2, 0) is 14.4 Å². The zero-order valence-electron chi connectivity index (χ0n) is 25.7. The van der Waals surface area contributed by atoms with E-state index in [1.165, 1.54) is 0 Å². The summed E-state index contributed by atoms with van der Waals surface area (Å²) in [6.07, 6.45) is 12.5. The predicted molar refractivity (Wildman–Crippen MR) is 155 cm³/mol. The molecule has 0 saturated heterocycles. The Hall–Kier alpha value is -2.22. The van der Waals surface area contributed by atoms with Gasteiger partial charge < -0.3 is 5.32 Å². The van der Waals surface area contributed by atoms with E-state index in [0.717, 1.165) is 56.9 Å². The van der Waals surface area contributed by atoms with Gasteiger partial charge in [0.05, 0.1) is 5.57 Å². The standard InChI is InChI=1S/C35H48N2O3/c1-20-10-13-35(18-27(39)37-23-8-9-23)15-14-34(7)29(28(35)21(20)2)24(38)16-26-32(5)17-22(19-36)30(40)31(3,4)25(32)11-12-33(26,34)6/h16-17,20-21,23,25,28-29H,8-15,18H2,1-7H3,(H,37,39)/t20-,21+,25+,28+,29-,32+,33-,34-,35-/m1/s1. The molecule has 1 amide bonds. The third kappa shape index (κ3) is 3.53. The molecule has 0 aromatic carbocycles. The van der Waals surface area contributed by atoms with Crippen LogP contribution in [0.4, 0.5) is 0 Å². The lowest BCUT2D eigenvalue weighted by Gasteiger charge is -2.69. The minimum absolute atomic E-state index is 0.0549. The molecule has 0 unspecified atom stereocenters. The van der Waals surface area contributed by atoms with Crippen molar-refractivity contribution in [3.63, 3.8) is 0 Å². The smallest absolute Gasteiger partial charge is 0.220 e. The Kier molecular flexibility index (Phi) is 6.04. The highest BCUT2D eigenvalue weighted by Gasteiger charge is 2.70. The lowest BCUT2D eigenvalue weighted by Crippen LogP contribution is -2.65. The van der Waals surface area contributed by atoms with Crippen molar-refractivity contribution in [3.8, 4) is 6.07 Å². The second-order valence-electron chi connectivity index (χ2n) is 16.1. The first-order valence-electron chi connectivity index (χ1n) is 15.9. The Labute approximate surface area is 240 Å². The average molecular weight is 545 g/mol. The van der Waals surface area contributed by atoms with Crippen molar-refractivity contribution in [1.82, 2.24) is 5.32 Å². The van der Waals surface area contributed by atoms with Gasteiger partial charge in [-0.05, 0) is 97.4 Å². The fourth-order valence-corrected chi connectivity index (χ4v) is 11.1. The molecular formula is C35H48N2O3. The molecular weight excluding hydrogens is 496 g/mol. The predicted octanol–water partition coefficient (Wildman–Crippen LogP) is 6.73. The monoisotopic (exact) mass is 544 g/mol. The minimum Gasteiger partial charge on any atom is -0.353 e. The Morgan fingerprint density at radius 2 is 1.70 bits per heavy atom. The third-order valence-corrected chi connectivity index (χ3v) is 13.9. The summed E-state index contributed by atoms with van der Waals surface area (Å²) in [5.74, 6) is 1.36. The highest BCUT2D eigenvalue weighted by Crippen LogP contribution is 2.74. The molecule has 9 atom stereocenters. The first-order valence-corrected chi connectivity index (χ1v) is 15.9. The lowest BCUT2D eigenvalue weighted by molar-refractivity contribution is -0.180. The van der Waals surface area contributed by atoms with E-state index in [9.17, 15) is 19.6 Å². The lowest BCUT2D eigenvalue weighted by atomic mass is 9.33. The summed E-state index contributed by atoms with van der Waals surface area (Å²) >= 11 is 0. The molecule has 4 saturated carbocycles. The van der Waals surface area contributed by atoms with Crippen molar-refractivity contribution < 1.29 is 14.4 Å². The van der Waals surface area contributed by atoms with Gasteiger partial charge in [-0.3, -0.25) is 14.4 Å². The minimum atomic E-state index is -0.651. The molecule has 1 N–H and O–H groups in total. The molecule has 5 heteroatoms. The number of nitrogens with zero attached hydrogens (tertiary/aromatic N) is 1. The van der Waals surface area contributed by atoms with Crippen LogP contribution in [0.1, 0.15) is 106 Å². The number of allylic oxidation sites excluding steroid dienone is 4. The first kappa shape index (κ1) is 27.9. The topological polar surface area (TPSA) is 87.0 Å². The number of ketones is 2. The highest BCUT2D eigenvalue weighted by molar-refractivity contribution is 6.04. The van der Waals surface area contributed by atoms with Gasteiger partial charge in [-0.1, -0.05) is 60.1 Å². The second kappa shape index (κ2) is 8.65. The number of amides is 1. The van der Waals surface area contributed by atoms with Gasteiger partial charge in [-0.2, -0.15) is 5.26 Å². The summed E-state index contributed by atoms with van der Waals surface area (Å²) in [6, 6.07) is 2.56. The van der Waals surface area contributed by atoms with Crippen molar-refractivity contribution in [1.29, 1.82) is 5.26 Å². The maximum absolute atomic E-state index is 14.6. The van der Waals surface area contributed by atoms with Crippen molar-refractivity contribution in [2.24, 2.45) is 56.7 Å². The van der Waals surface area contributed by atoms with E-state index in [2.05, 4.69) is 46.0 Å². The number of rotatable bonds is 3. The fourth-order valence-electron chi connectivity index (χ4n) is 11.1. The van der Waals surface area contributed by atoms with Gasteiger partial charge in [0, 0.05) is 29.2 Å². The highest BCUT2D eigenvalue weighted by atomic mass is 16.2. The maximum Gasteiger partial charge on any atom is 0.220 e. The Bertz CT molecular complexity index is 1280. The number of hydrogen-bond acceptors (Lipinski definition) is 4. The number of nitrogens with one attached hydrogen (secondary N) is 1. The van der Waals surface area contributed by atoms with Crippen LogP contribution < -0.4 is 5.32 Å². The van der Waals surface area contributed by atoms with Crippen LogP contribution in [-0.4, -0.2) is 23.5 Å². The molecule has 5 nitrogen and oxygen atoms in total. The second-order valence-corrected chi connectivity index (χ2v) is 16.1. The van der Waals surface area contributed by atoms with Gasteiger partial charge in [0.25, 0.3) is 0 Å². The molecule has 4 fully saturated rings. The number of nitriles is 1. The molecule has 0 aromatic heterocycles. The maximum atomic E-state index is 14.6. The molecule has 0 radical (unpaired) electrons. The molecule has 0 aromatic rings. The van der Waals surface area contributed by atoms with Crippen molar-refractivity contribution in [2.75, 3.05) is 0 Å². The number of carbonyl (C=O) groups excluding carboxylic acids is 3. The van der Waals surface area contributed by atoms with Gasteiger partial charge in [0.15, 0.2) is 11.6 Å². The zero-order chi connectivity index (χ0) is 29.0. The van der Waals surface area contributed by atoms with Crippen molar-refractivity contribution in [3.05, 3.63) is 23.3 Å². The third-order valence-electron chi connectivity index (χ3n) is 13.9. The van der Waals surface area contributed by atoms with Gasteiger partial charge >= 0.3 is 0 Å². The van der Waals surface area contributed by atoms with Gasteiger partial charge in [0.2, 0.25) is 5.91 Å². The van der Waals surface area contributed by atoms with Gasteiger partial charge in [0.1, 0.15) is 6.07 Å². The van der Waals surface area contributed by atoms with Crippen molar-refractivity contribution >= 4 is 17.5 Å². The van der Waals surface area contributed by atoms with Crippen LogP contribution in [0, 0.1) is 68.0 Å². The van der Waals surface area contributed by atoms with Crippen LogP contribution >= 0.6 is 0 Å². The molecule has 6 aliphatic rings. The summed E-state index contributed by atoms with van der Waals surface area (Å²) in [4.78, 5) is 41.2. The van der Waals surface area contributed by atoms with E-state index < -0.39 is 10.8 Å². The molecule has 40 heavy (non-hydrogen) atoms. The van der Waals surface area contributed by atoms with Crippen LogP contribution in [0.2, 0.25) is 0 Å². The fraction of sp³-hybridized carbons (Fsp3) is 0.771. The quantitative estimate of drug-likeness (QED) is 0.427. The Balaban J connectivity index is 1.47. The summed E-state index contributed by atoms with van der Waals surface area (Å²) in [7, 11) is 0. The number of Topliss-reactive ketones (excluding diaryl/α,β-unsaturated/α-hetero) is 1. The van der Waals surface area contributed by atoms with E-state index in [1.54, 1.807) is 0 Å². The van der Waals surface area contributed by atoms with Crippen molar-refractivity contribution in [2.45, 2.75) is 112 Å². The molecule has 0 spiro atoms. The van der Waals surface area contributed by atoms with E-state index in [-0.39, 0.29) is 57.0 Å². The van der Waals surface area contributed by atoms with Crippen LogP contribution in [0.15, 0.2) is 23.3 Å². The summed E-state index contributed by atoms with van der Waals surface area (Å²) in [5, 5.41) is 13.2. The molecule has 6 aliphatic carbocycles. The van der Waals surface area contributed by atoms with E-state index in [0.29, 0.717) is 24.3 Å². The van der Waals surface area contributed by atoms with E-state index in [4.69, 9.17) is 0 Å². The van der Waals surface area contributed by atoms with Crippen LogP contribution in [0.25, 0.3) is 0 Å². The van der Waals surface area contributed by atoms with Crippen LogP contribution in [0.5, 0.6) is 0 Å². The number of hydrogen-bond donors (Lipinski definition) is 1. The van der Waals surface area contributed by atoms with E-state index >= 15 is 0 Å². The van der Waals surface area contributed by atoms with Gasteiger partial charge in [-0.25, -0.2) is 0 Å². The van der Waals surface area contributed by atoms with Crippen LogP contribution in [0.3, 0.4) is 0 Å². The summed E-state index contributed by atoms with van der Waals surface area (Å²) in [5.41, 5.74) is -0.351. The molecule has 0 bridgehead atoms. The van der Waals surface area contributed by atoms with Gasteiger partial charge in [-0.15, -0.1) is 0 Å².